The molecule has 0 amide bonds. The van der Waals surface area contributed by atoms with Crippen molar-refractivity contribution in [2.75, 3.05) is 19.6 Å². The summed E-state index contributed by atoms with van der Waals surface area (Å²) in [5.74, 6) is -0.0742. The van der Waals surface area contributed by atoms with Crippen LogP contribution in [-0.4, -0.2) is 25.7 Å². The topological polar surface area (TPSA) is 21.1 Å². The van der Waals surface area contributed by atoms with E-state index in [1.165, 1.54) is 25.9 Å². The van der Waals surface area contributed by atoms with E-state index in [0.717, 1.165) is 24.7 Å². The van der Waals surface area contributed by atoms with Gasteiger partial charge in [0, 0.05) is 18.4 Å². The molecule has 0 bridgehead atoms. The van der Waals surface area contributed by atoms with E-state index in [0.29, 0.717) is 0 Å². The van der Waals surface area contributed by atoms with E-state index >= 15 is 0 Å². The van der Waals surface area contributed by atoms with E-state index in [-0.39, 0.29) is 5.82 Å². The number of rotatable bonds is 5. The first-order valence-corrected chi connectivity index (χ1v) is 6.71. The Morgan fingerprint density at radius 2 is 2.24 bits per heavy atom. The zero-order valence-corrected chi connectivity index (χ0v) is 10.6. The lowest BCUT2D eigenvalue weighted by Gasteiger charge is -2.18. The SMILES string of the molecule is CC[NH+]1CCC[C@@H]1C[NH2+]Cc1ccccc1F. The Kier molecular flexibility index (Phi) is 4.51. The molecule has 1 aliphatic rings. The maximum atomic E-state index is 13.4. The molecule has 1 saturated heterocycles. The second-order valence-corrected chi connectivity index (χ2v) is 4.92. The van der Waals surface area contributed by atoms with Crippen molar-refractivity contribution in [2.45, 2.75) is 32.4 Å². The fourth-order valence-corrected chi connectivity index (χ4v) is 2.84. The van der Waals surface area contributed by atoms with Crippen LogP contribution in [0.2, 0.25) is 0 Å². The molecule has 2 nitrogen and oxygen atoms in total. The fourth-order valence-electron chi connectivity index (χ4n) is 2.84. The second-order valence-electron chi connectivity index (χ2n) is 4.92. The Bertz CT molecular complexity index is 354. The number of likely N-dealkylation sites (N-methyl/N-ethyl adjacent to an activating group) is 1. The van der Waals surface area contributed by atoms with E-state index in [1.807, 2.05) is 12.1 Å². The molecule has 1 aromatic rings. The van der Waals surface area contributed by atoms with Gasteiger partial charge in [0.25, 0.3) is 0 Å². The van der Waals surface area contributed by atoms with Crippen molar-refractivity contribution in [1.82, 2.24) is 0 Å². The van der Waals surface area contributed by atoms with Gasteiger partial charge in [-0.3, -0.25) is 0 Å². The molecule has 0 aliphatic carbocycles. The van der Waals surface area contributed by atoms with E-state index < -0.39 is 0 Å². The summed E-state index contributed by atoms with van der Waals surface area (Å²) in [6.07, 6.45) is 2.68. The lowest BCUT2D eigenvalue weighted by Crippen LogP contribution is -3.16. The summed E-state index contributed by atoms with van der Waals surface area (Å²) in [6, 6.07) is 7.85. The number of quaternary nitrogens is 2. The number of nitrogens with two attached hydrogens (primary N) is 1. The van der Waals surface area contributed by atoms with Gasteiger partial charge in [0.1, 0.15) is 24.9 Å². The fraction of sp³-hybridized carbons (Fsp3) is 0.571. The van der Waals surface area contributed by atoms with Crippen LogP contribution in [0.4, 0.5) is 4.39 Å². The monoisotopic (exact) mass is 238 g/mol. The van der Waals surface area contributed by atoms with Crippen molar-refractivity contribution in [3.05, 3.63) is 35.6 Å². The summed E-state index contributed by atoms with van der Waals surface area (Å²) in [5, 5.41) is 2.25. The number of likely N-dealkylation sites (tertiary alicyclic amines) is 1. The van der Waals surface area contributed by atoms with Gasteiger partial charge >= 0.3 is 0 Å². The summed E-state index contributed by atoms with van der Waals surface area (Å²) >= 11 is 0. The first kappa shape index (κ1) is 12.5. The summed E-state index contributed by atoms with van der Waals surface area (Å²) in [7, 11) is 0. The minimum Gasteiger partial charge on any atom is -0.337 e. The van der Waals surface area contributed by atoms with Gasteiger partial charge < -0.3 is 10.2 Å². The third-order valence-corrected chi connectivity index (χ3v) is 3.86. The molecule has 94 valence electrons. The zero-order chi connectivity index (χ0) is 12.1. The van der Waals surface area contributed by atoms with E-state index in [4.69, 9.17) is 0 Å². The van der Waals surface area contributed by atoms with Crippen LogP contribution in [0.1, 0.15) is 25.3 Å². The lowest BCUT2D eigenvalue weighted by atomic mass is 10.2. The maximum absolute atomic E-state index is 13.4. The third-order valence-electron chi connectivity index (χ3n) is 3.86. The van der Waals surface area contributed by atoms with Crippen LogP contribution in [0.15, 0.2) is 24.3 Å². The molecular formula is C14H23FN2+2. The number of nitrogens with one attached hydrogen (secondary N) is 1. The van der Waals surface area contributed by atoms with Gasteiger partial charge in [-0.15, -0.1) is 0 Å². The zero-order valence-electron chi connectivity index (χ0n) is 10.6. The molecule has 2 atom stereocenters. The van der Waals surface area contributed by atoms with E-state index in [9.17, 15) is 4.39 Å². The van der Waals surface area contributed by atoms with Crippen LogP contribution in [-0.2, 0) is 6.54 Å². The molecular weight excluding hydrogens is 215 g/mol. The maximum Gasteiger partial charge on any atom is 0.137 e. The van der Waals surface area contributed by atoms with Crippen LogP contribution in [0.25, 0.3) is 0 Å². The second kappa shape index (κ2) is 6.12. The molecule has 0 saturated carbocycles. The molecule has 0 aromatic heterocycles. The van der Waals surface area contributed by atoms with Crippen LogP contribution < -0.4 is 10.2 Å². The molecule has 17 heavy (non-hydrogen) atoms. The largest absolute Gasteiger partial charge is 0.337 e. The van der Waals surface area contributed by atoms with Crippen molar-refractivity contribution < 1.29 is 14.6 Å². The molecule has 3 heteroatoms. The highest BCUT2D eigenvalue weighted by Gasteiger charge is 2.28. The van der Waals surface area contributed by atoms with Crippen molar-refractivity contribution in [3.63, 3.8) is 0 Å². The van der Waals surface area contributed by atoms with Gasteiger partial charge in [-0.05, 0) is 13.0 Å². The lowest BCUT2D eigenvalue weighted by molar-refractivity contribution is -0.925. The molecule has 1 aliphatic heterocycles. The molecule has 1 heterocycles. The first-order chi connectivity index (χ1) is 8.31. The van der Waals surface area contributed by atoms with Crippen molar-refractivity contribution in [2.24, 2.45) is 0 Å². The Hall–Kier alpha value is -0.930. The number of halogens is 1. The molecule has 1 fully saturated rings. The average Bonchev–Trinajstić information content (AvgIpc) is 2.79. The number of hydrogen-bond acceptors (Lipinski definition) is 0. The Balaban J connectivity index is 1.78. The first-order valence-electron chi connectivity index (χ1n) is 6.71. The van der Waals surface area contributed by atoms with Gasteiger partial charge in [-0.25, -0.2) is 4.39 Å². The predicted octanol–water partition coefficient (Wildman–Crippen LogP) is -0.0437. The molecule has 1 aromatic carbocycles. The summed E-state index contributed by atoms with van der Waals surface area (Å²) in [6.45, 7) is 6.68. The molecule has 3 N–H and O–H groups in total. The summed E-state index contributed by atoms with van der Waals surface area (Å²) in [4.78, 5) is 1.72. The highest BCUT2D eigenvalue weighted by molar-refractivity contribution is 5.15. The Labute approximate surface area is 103 Å². The minimum atomic E-state index is -0.0742. The van der Waals surface area contributed by atoms with Crippen LogP contribution in [0.5, 0.6) is 0 Å². The van der Waals surface area contributed by atoms with Gasteiger partial charge in [-0.1, -0.05) is 18.2 Å². The van der Waals surface area contributed by atoms with Crippen LogP contribution in [0.3, 0.4) is 0 Å². The smallest absolute Gasteiger partial charge is 0.137 e. The number of hydrogen-bond donors (Lipinski definition) is 2. The number of benzene rings is 1. The highest BCUT2D eigenvalue weighted by Crippen LogP contribution is 2.03. The van der Waals surface area contributed by atoms with Gasteiger partial charge in [0.2, 0.25) is 0 Å². The Morgan fingerprint density at radius 3 is 3.00 bits per heavy atom. The molecule has 2 rings (SSSR count). The quantitative estimate of drug-likeness (QED) is 0.718. The van der Waals surface area contributed by atoms with Gasteiger partial charge in [0.15, 0.2) is 0 Å². The predicted molar refractivity (Wildman–Crippen MR) is 66.3 cm³/mol. The Morgan fingerprint density at radius 1 is 1.41 bits per heavy atom. The molecule has 0 radical (unpaired) electrons. The molecule has 1 unspecified atom stereocenters. The van der Waals surface area contributed by atoms with Crippen LogP contribution >= 0.6 is 0 Å². The highest BCUT2D eigenvalue weighted by atomic mass is 19.1. The standard InChI is InChI=1S/C14H21FN2/c1-2-17-9-5-7-13(17)11-16-10-12-6-3-4-8-14(12)15/h3-4,6,8,13,16H,2,5,7,9-11H2,1H3/p+2/t13-/m1/s1. The van der Waals surface area contributed by atoms with Gasteiger partial charge in [-0.2, -0.15) is 0 Å². The van der Waals surface area contributed by atoms with Crippen LogP contribution in [0, 0.1) is 5.82 Å². The van der Waals surface area contributed by atoms with Crippen molar-refractivity contribution in [1.29, 1.82) is 0 Å². The van der Waals surface area contributed by atoms with Crippen molar-refractivity contribution >= 4 is 0 Å². The average molecular weight is 238 g/mol. The van der Waals surface area contributed by atoms with Crippen molar-refractivity contribution in [3.8, 4) is 0 Å². The molecule has 0 spiro atoms. The van der Waals surface area contributed by atoms with E-state index in [2.05, 4.69) is 12.2 Å². The third kappa shape index (κ3) is 3.27. The summed E-state index contributed by atoms with van der Waals surface area (Å²) in [5.41, 5.74) is 0.823. The van der Waals surface area contributed by atoms with E-state index in [1.54, 1.807) is 17.0 Å². The van der Waals surface area contributed by atoms with Gasteiger partial charge in [0.05, 0.1) is 13.1 Å². The minimum absolute atomic E-state index is 0.0742. The normalized spacial score (nSPS) is 24.1. The summed E-state index contributed by atoms with van der Waals surface area (Å²) < 4.78 is 13.4.